The molecule has 2 unspecified atom stereocenters. The van der Waals surface area contributed by atoms with Gasteiger partial charge in [-0.05, 0) is 18.8 Å². The number of carbonyl (C=O) groups excluding carboxylic acids is 1. The third kappa shape index (κ3) is 3.12. The molecule has 3 nitrogen and oxygen atoms in total. The number of hydrogen-bond acceptors (Lipinski definition) is 2. The second-order valence-electron chi connectivity index (χ2n) is 4.43. The van der Waals surface area contributed by atoms with Crippen molar-refractivity contribution in [3.8, 4) is 0 Å². The fraction of sp³-hybridized carbons (Fsp3) is 0.900. The molecule has 0 aromatic heterocycles. The molecule has 15 heavy (non-hydrogen) atoms. The summed E-state index contributed by atoms with van der Waals surface area (Å²) in [5, 5.41) is 11.5. The zero-order valence-electron chi connectivity index (χ0n) is 8.80. The summed E-state index contributed by atoms with van der Waals surface area (Å²) in [7, 11) is 0. The molecule has 0 bridgehead atoms. The maximum Gasteiger partial charge on any atom is 0.315 e. The number of carbonyl (C=O) groups is 1. The minimum Gasteiger partial charge on any atom is -0.394 e. The van der Waals surface area contributed by atoms with Crippen LogP contribution in [-0.2, 0) is 4.79 Å². The lowest BCUT2D eigenvalue weighted by Gasteiger charge is -2.39. The molecule has 0 aromatic rings. The zero-order valence-corrected chi connectivity index (χ0v) is 8.80. The van der Waals surface area contributed by atoms with Crippen LogP contribution in [0.3, 0.4) is 0 Å². The molecule has 0 aliphatic heterocycles. The van der Waals surface area contributed by atoms with Crippen molar-refractivity contribution in [1.82, 2.24) is 5.32 Å². The van der Waals surface area contributed by atoms with E-state index in [-0.39, 0.29) is 6.61 Å². The summed E-state index contributed by atoms with van der Waals surface area (Å²) in [5.41, 5.74) is -0.828. The van der Waals surface area contributed by atoms with Crippen LogP contribution in [0.15, 0.2) is 0 Å². The monoisotopic (exact) mass is 221 g/mol. The van der Waals surface area contributed by atoms with Crippen molar-refractivity contribution in [3.63, 3.8) is 0 Å². The molecule has 0 heterocycles. The SMILES string of the molecule is CC1CCCC(CO)(NC(=O)C(F)F)C1. The second kappa shape index (κ2) is 4.88. The van der Waals surface area contributed by atoms with Gasteiger partial charge in [-0.2, -0.15) is 8.78 Å². The fourth-order valence-corrected chi connectivity index (χ4v) is 2.27. The first-order valence-corrected chi connectivity index (χ1v) is 5.20. The highest BCUT2D eigenvalue weighted by Crippen LogP contribution is 2.32. The van der Waals surface area contributed by atoms with Gasteiger partial charge in [-0.25, -0.2) is 0 Å². The Balaban J connectivity index is 2.63. The average molecular weight is 221 g/mol. The van der Waals surface area contributed by atoms with Gasteiger partial charge in [0, 0.05) is 0 Å². The van der Waals surface area contributed by atoms with E-state index in [1.807, 2.05) is 6.92 Å². The van der Waals surface area contributed by atoms with Crippen LogP contribution in [0, 0.1) is 5.92 Å². The van der Waals surface area contributed by atoms with E-state index in [4.69, 9.17) is 0 Å². The number of aliphatic hydroxyl groups excluding tert-OH is 1. The second-order valence-corrected chi connectivity index (χ2v) is 4.43. The van der Waals surface area contributed by atoms with Crippen molar-refractivity contribution in [2.24, 2.45) is 5.92 Å². The maximum absolute atomic E-state index is 12.1. The molecule has 1 aliphatic rings. The first kappa shape index (κ1) is 12.4. The number of aliphatic hydroxyl groups is 1. The van der Waals surface area contributed by atoms with E-state index in [1.165, 1.54) is 0 Å². The van der Waals surface area contributed by atoms with E-state index in [2.05, 4.69) is 5.32 Å². The van der Waals surface area contributed by atoms with Crippen molar-refractivity contribution in [2.75, 3.05) is 6.61 Å². The Labute approximate surface area is 87.9 Å². The van der Waals surface area contributed by atoms with Crippen LogP contribution in [0.2, 0.25) is 0 Å². The Kier molecular flexibility index (Phi) is 4.02. The van der Waals surface area contributed by atoms with Gasteiger partial charge in [-0.3, -0.25) is 4.79 Å². The summed E-state index contributed by atoms with van der Waals surface area (Å²) in [6.07, 6.45) is 0.0110. The summed E-state index contributed by atoms with van der Waals surface area (Å²) >= 11 is 0. The third-order valence-corrected chi connectivity index (χ3v) is 2.98. The number of hydrogen-bond donors (Lipinski definition) is 2. The van der Waals surface area contributed by atoms with Crippen LogP contribution in [-0.4, -0.2) is 29.6 Å². The van der Waals surface area contributed by atoms with E-state index >= 15 is 0 Å². The molecule has 2 N–H and O–H groups in total. The molecule has 0 aromatic carbocycles. The largest absolute Gasteiger partial charge is 0.394 e. The molecular formula is C10H17F2NO2. The van der Waals surface area contributed by atoms with Gasteiger partial charge >= 0.3 is 6.43 Å². The van der Waals surface area contributed by atoms with Crippen molar-refractivity contribution < 1.29 is 18.7 Å². The van der Waals surface area contributed by atoms with Gasteiger partial charge < -0.3 is 10.4 Å². The highest BCUT2D eigenvalue weighted by atomic mass is 19.3. The van der Waals surface area contributed by atoms with Crippen LogP contribution >= 0.6 is 0 Å². The first-order valence-electron chi connectivity index (χ1n) is 5.20. The molecule has 0 radical (unpaired) electrons. The predicted molar refractivity (Wildman–Crippen MR) is 51.6 cm³/mol. The van der Waals surface area contributed by atoms with Crippen LogP contribution < -0.4 is 5.32 Å². The van der Waals surface area contributed by atoms with Crippen molar-refractivity contribution in [1.29, 1.82) is 0 Å². The Morgan fingerprint density at radius 2 is 2.33 bits per heavy atom. The fourth-order valence-electron chi connectivity index (χ4n) is 2.27. The summed E-state index contributed by atoms with van der Waals surface area (Å²) in [6.45, 7) is 1.73. The minimum absolute atomic E-state index is 0.268. The van der Waals surface area contributed by atoms with Gasteiger partial charge in [0.25, 0.3) is 5.91 Å². The van der Waals surface area contributed by atoms with Crippen LogP contribution in [0.4, 0.5) is 8.78 Å². The van der Waals surface area contributed by atoms with E-state index < -0.39 is 17.9 Å². The van der Waals surface area contributed by atoms with Crippen molar-refractivity contribution in [2.45, 2.75) is 44.6 Å². The Hall–Kier alpha value is -0.710. The van der Waals surface area contributed by atoms with Gasteiger partial charge in [0.15, 0.2) is 0 Å². The summed E-state index contributed by atoms with van der Waals surface area (Å²) in [4.78, 5) is 10.9. The number of rotatable bonds is 3. The Morgan fingerprint density at radius 1 is 1.67 bits per heavy atom. The Morgan fingerprint density at radius 3 is 2.80 bits per heavy atom. The van der Waals surface area contributed by atoms with Crippen molar-refractivity contribution >= 4 is 5.91 Å². The Bertz CT molecular complexity index is 235. The molecule has 88 valence electrons. The molecule has 0 spiro atoms. The molecule has 1 saturated carbocycles. The molecule has 0 saturated heterocycles. The lowest BCUT2D eigenvalue weighted by Crippen LogP contribution is -2.55. The van der Waals surface area contributed by atoms with E-state index in [0.29, 0.717) is 18.8 Å². The normalized spacial score (nSPS) is 31.7. The lowest BCUT2D eigenvalue weighted by molar-refractivity contribution is -0.135. The number of amides is 1. The van der Waals surface area contributed by atoms with Gasteiger partial charge in [-0.15, -0.1) is 0 Å². The van der Waals surface area contributed by atoms with Gasteiger partial charge in [0.2, 0.25) is 0 Å². The van der Waals surface area contributed by atoms with Crippen LogP contribution in [0.5, 0.6) is 0 Å². The van der Waals surface area contributed by atoms with E-state index in [0.717, 1.165) is 12.8 Å². The number of nitrogens with one attached hydrogen (secondary N) is 1. The summed E-state index contributed by atoms with van der Waals surface area (Å²) in [6, 6.07) is 0. The van der Waals surface area contributed by atoms with Crippen LogP contribution in [0.25, 0.3) is 0 Å². The third-order valence-electron chi connectivity index (χ3n) is 2.98. The quantitative estimate of drug-likeness (QED) is 0.755. The topological polar surface area (TPSA) is 49.3 Å². The average Bonchev–Trinajstić information content (AvgIpc) is 2.17. The van der Waals surface area contributed by atoms with Gasteiger partial charge in [-0.1, -0.05) is 19.8 Å². The highest BCUT2D eigenvalue weighted by molar-refractivity contribution is 5.79. The molecule has 1 aliphatic carbocycles. The van der Waals surface area contributed by atoms with Gasteiger partial charge in [0.1, 0.15) is 0 Å². The molecule has 1 rings (SSSR count). The maximum atomic E-state index is 12.1. The predicted octanol–water partition coefficient (Wildman–Crippen LogP) is 1.31. The summed E-state index contributed by atoms with van der Waals surface area (Å²) < 4.78 is 24.2. The van der Waals surface area contributed by atoms with E-state index in [9.17, 15) is 18.7 Å². The highest BCUT2D eigenvalue weighted by Gasteiger charge is 2.37. The summed E-state index contributed by atoms with van der Waals surface area (Å²) in [5.74, 6) is -0.929. The molecule has 5 heteroatoms. The number of halogens is 2. The lowest BCUT2D eigenvalue weighted by atomic mass is 9.77. The van der Waals surface area contributed by atoms with E-state index in [1.54, 1.807) is 0 Å². The molecule has 1 fully saturated rings. The minimum atomic E-state index is -3.01. The molecule has 2 atom stereocenters. The standard InChI is InChI=1S/C10H17F2NO2/c1-7-3-2-4-10(5-7,6-14)13-9(15)8(11)12/h7-8,14H,2-6H2,1H3,(H,13,15). The van der Waals surface area contributed by atoms with Crippen LogP contribution in [0.1, 0.15) is 32.6 Å². The zero-order chi connectivity index (χ0) is 11.5. The molecule has 1 amide bonds. The van der Waals surface area contributed by atoms with Crippen molar-refractivity contribution in [3.05, 3.63) is 0 Å². The smallest absolute Gasteiger partial charge is 0.315 e. The first-order chi connectivity index (χ1) is 6.99. The number of alkyl halides is 2. The van der Waals surface area contributed by atoms with Gasteiger partial charge in [0.05, 0.1) is 12.1 Å². The molecular weight excluding hydrogens is 204 g/mol.